The van der Waals surface area contributed by atoms with Gasteiger partial charge in [-0.3, -0.25) is 10.1 Å². The third-order valence-corrected chi connectivity index (χ3v) is 2.80. The number of hydrogen-bond acceptors (Lipinski definition) is 7. The molecular weight excluding hydrogens is 252 g/mol. The number of nitrogens with zero attached hydrogens (tertiary/aromatic N) is 5. The molecule has 3 aromatic rings. The van der Waals surface area contributed by atoms with Crippen LogP contribution in [0.5, 0.6) is 0 Å². The van der Waals surface area contributed by atoms with E-state index in [0.29, 0.717) is 17.0 Å². The maximum atomic E-state index is 10.7. The Kier molecular flexibility index (Phi) is 2.21. The van der Waals surface area contributed by atoms with Crippen LogP contribution in [0.2, 0.25) is 0 Å². The molecule has 0 amide bonds. The molecule has 0 saturated heterocycles. The average molecular weight is 260 g/mol. The van der Waals surface area contributed by atoms with Gasteiger partial charge in [-0.15, -0.1) is 0 Å². The number of nitro groups is 1. The molecule has 1 aromatic carbocycles. The van der Waals surface area contributed by atoms with Crippen LogP contribution in [0.3, 0.4) is 0 Å². The van der Waals surface area contributed by atoms with Crippen molar-refractivity contribution in [2.45, 2.75) is 0 Å². The van der Waals surface area contributed by atoms with Gasteiger partial charge >= 0.3 is 0 Å². The minimum absolute atomic E-state index is 0.0246. The Morgan fingerprint density at radius 3 is 2.84 bits per heavy atom. The number of nitrogen functional groups attached to an aromatic ring is 1. The van der Waals surface area contributed by atoms with Gasteiger partial charge in [-0.25, -0.2) is 9.61 Å². The van der Waals surface area contributed by atoms with E-state index in [-0.39, 0.29) is 11.5 Å². The molecule has 2 aromatic heterocycles. The zero-order valence-electron chi connectivity index (χ0n) is 9.77. The van der Waals surface area contributed by atoms with Crippen molar-refractivity contribution < 1.29 is 9.55 Å². The van der Waals surface area contributed by atoms with Gasteiger partial charge in [-0.05, 0) is 16.4 Å². The summed E-state index contributed by atoms with van der Waals surface area (Å²) in [4.78, 5) is 14.5. The lowest BCUT2D eigenvalue weighted by Crippen LogP contribution is -1.96. The molecule has 0 radical (unpaired) electrons. The minimum atomic E-state index is -0.472. The van der Waals surface area contributed by atoms with E-state index in [1.54, 1.807) is 17.7 Å². The minimum Gasteiger partial charge on any atom is -0.379 e. The Morgan fingerprint density at radius 2 is 2.21 bits per heavy atom. The summed E-state index contributed by atoms with van der Waals surface area (Å²) in [7, 11) is 1.75. The Morgan fingerprint density at radius 1 is 1.42 bits per heavy atom. The maximum absolute atomic E-state index is 10.7. The van der Waals surface area contributed by atoms with Gasteiger partial charge in [0.1, 0.15) is 0 Å². The summed E-state index contributed by atoms with van der Waals surface area (Å²) in [5.41, 5.74) is 7.10. The largest absolute Gasteiger partial charge is 0.379 e. The molecule has 0 bridgehead atoms. The maximum Gasteiger partial charge on any atom is 0.271 e. The van der Waals surface area contributed by atoms with Crippen molar-refractivity contribution in [3.8, 4) is 11.5 Å². The SMILES string of the molecule is Cn1c(-c2nonc2N)nc2cc([N+](=O)[O-])ccc21. The smallest absolute Gasteiger partial charge is 0.271 e. The first-order chi connectivity index (χ1) is 9.08. The lowest BCUT2D eigenvalue weighted by Gasteiger charge is -1.97. The first-order valence-electron chi connectivity index (χ1n) is 5.27. The fourth-order valence-corrected chi connectivity index (χ4v) is 1.86. The van der Waals surface area contributed by atoms with Crippen LogP contribution in [0.1, 0.15) is 0 Å². The number of nitro benzene ring substituents is 1. The summed E-state index contributed by atoms with van der Waals surface area (Å²) >= 11 is 0. The Labute approximate surface area is 105 Å². The van der Waals surface area contributed by atoms with E-state index >= 15 is 0 Å². The summed E-state index contributed by atoms with van der Waals surface area (Å²) < 4.78 is 6.24. The van der Waals surface area contributed by atoms with E-state index in [2.05, 4.69) is 19.9 Å². The van der Waals surface area contributed by atoms with Crippen LogP contribution in [-0.4, -0.2) is 24.8 Å². The molecule has 0 aliphatic rings. The van der Waals surface area contributed by atoms with Crippen molar-refractivity contribution in [2.24, 2.45) is 7.05 Å². The van der Waals surface area contributed by atoms with Crippen LogP contribution in [0, 0.1) is 10.1 Å². The van der Waals surface area contributed by atoms with Gasteiger partial charge < -0.3 is 10.3 Å². The lowest BCUT2D eigenvalue weighted by molar-refractivity contribution is -0.384. The van der Waals surface area contributed by atoms with Crippen LogP contribution >= 0.6 is 0 Å². The lowest BCUT2D eigenvalue weighted by atomic mass is 10.3. The molecule has 2 heterocycles. The number of benzene rings is 1. The van der Waals surface area contributed by atoms with E-state index in [9.17, 15) is 10.1 Å². The number of aryl methyl sites for hydroxylation is 1. The van der Waals surface area contributed by atoms with E-state index in [0.717, 1.165) is 5.52 Å². The van der Waals surface area contributed by atoms with E-state index in [1.165, 1.54) is 12.1 Å². The van der Waals surface area contributed by atoms with Crippen LogP contribution in [0.15, 0.2) is 22.8 Å². The second-order valence-corrected chi connectivity index (χ2v) is 3.92. The zero-order valence-corrected chi connectivity index (χ0v) is 9.77. The van der Waals surface area contributed by atoms with Crippen molar-refractivity contribution in [1.29, 1.82) is 0 Å². The first kappa shape index (κ1) is 11.1. The number of anilines is 1. The summed E-state index contributed by atoms with van der Waals surface area (Å²) in [6.07, 6.45) is 0. The summed E-state index contributed by atoms with van der Waals surface area (Å²) in [5.74, 6) is 0.558. The molecular formula is C10H8N6O3. The number of aromatic nitrogens is 4. The van der Waals surface area contributed by atoms with E-state index < -0.39 is 4.92 Å². The molecule has 0 aliphatic heterocycles. The molecule has 3 rings (SSSR count). The van der Waals surface area contributed by atoms with Crippen molar-refractivity contribution in [3.05, 3.63) is 28.3 Å². The highest BCUT2D eigenvalue weighted by molar-refractivity contribution is 5.83. The fraction of sp³-hybridized carbons (Fsp3) is 0.100. The highest BCUT2D eigenvalue weighted by Crippen LogP contribution is 2.27. The molecule has 0 unspecified atom stereocenters. The van der Waals surface area contributed by atoms with Crippen molar-refractivity contribution in [2.75, 3.05) is 5.73 Å². The van der Waals surface area contributed by atoms with Crippen molar-refractivity contribution in [3.63, 3.8) is 0 Å². The van der Waals surface area contributed by atoms with Crippen molar-refractivity contribution >= 4 is 22.5 Å². The van der Waals surface area contributed by atoms with Gasteiger partial charge in [0.15, 0.2) is 17.3 Å². The molecule has 9 nitrogen and oxygen atoms in total. The van der Waals surface area contributed by atoms with Crippen LogP contribution < -0.4 is 5.73 Å². The highest BCUT2D eigenvalue weighted by atomic mass is 16.6. The van der Waals surface area contributed by atoms with Crippen LogP contribution in [0.25, 0.3) is 22.6 Å². The third-order valence-electron chi connectivity index (χ3n) is 2.80. The highest BCUT2D eigenvalue weighted by Gasteiger charge is 2.18. The standard InChI is InChI=1S/C10H8N6O3/c1-15-7-3-2-5(16(17)18)4-6(7)12-10(15)8-9(11)14-19-13-8/h2-4H,1H3,(H2,11,14). The van der Waals surface area contributed by atoms with Crippen LogP contribution in [0.4, 0.5) is 11.5 Å². The number of nitrogens with two attached hydrogens (primary N) is 1. The molecule has 0 aliphatic carbocycles. The summed E-state index contributed by atoms with van der Waals surface area (Å²) in [5, 5.41) is 17.9. The van der Waals surface area contributed by atoms with Crippen LogP contribution in [-0.2, 0) is 7.05 Å². The van der Waals surface area contributed by atoms with Gasteiger partial charge in [0, 0.05) is 19.2 Å². The van der Waals surface area contributed by atoms with E-state index in [4.69, 9.17) is 5.73 Å². The normalized spacial score (nSPS) is 11.0. The Balaban J connectivity index is 2.26. The molecule has 2 N–H and O–H groups in total. The predicted molar refractivity (Wildman–Crippen MR) is 65.1 cm³/mol. The van der Waals surface area contributed by atoms with Gasteiger partial charge in [0.2, 0.25) is 0 Å². The molecule has 0 atom stereocenters. The monoisotopic (exact) mass is 260 g/mol. The molecule has 96 valence electrons. The van der Waals surface area contributed by atoms with E-state index in [1.807, 2.05) is 0 Å². The Hall–Kier alpha value is -2.97. The molecule has 0 spiro atoms. The fourth-order valence-electron chi connectivity index (χ4n) is 1.86. The second kappa shape index (κ2) is 3.77. The summed E-state index contributed by atoms with van der Waals surface area (Å²) in [6.45, 7) is 0. The summed E-state index contributed by atoms with van der Waals surface area (Å²) in [6, 6.07) is 4.43. The van der Waals surface area contributed by atoms with Gasteiger partial charge in [-0.1, -0.05) is 0 Å². The Bertz CT molecular complexity index is 790. The number of non-ortho nitro benzene ring substituents is 1. The van der Waals surface area contributed by atoms with Gasteiger partial charge in [-0.2, -0.15) is 0 Å². The molecule has 19 heavy (non-hydrogen) atoms. The molecule has 0 saturated carbocycles. The average Bonchev–Trinajstić information content (AvgIpc) is 2.93. The number of rotatable bonds is 2. The predicted octanol–water partition coefficient (Wildman–Crippen LogP) is 1.11. The molecule has 9 heteroatoms. The quantitative estimate of drug-likeness (QED) is 0.540. The number of fused-ring (bicyclic) bond motifs is 1. The van der Waals surface area contributed by atoms with Crippen molar-refractivity contribution in [1.82, 2.24) is 19.9 Å². The second-order valence-electron chi connectivity index (χ2n) is 3.92. The first-order valence-corrected chi connectivity index (χ1v) is 5.27. The molecule has 0 fully saturated rings. The number of imidazole rings is 1. The third kappa shape index (κ3) is 1.59. The van der Waals surface area contributed by atoms with Gasteiger partial charge in [0.05, 0.1) is 16.0 Å². The zero-order chi connectivity index (χ0) is 13.6. The topological polar surface area (TPSA) is 126 Å². The number of hydrogen-bond donors (Lipinski definition) is 1. The van der Waals surface area contributed by atoms with Gasteiger partial charge in [0.25, 0.3) is 5.69 Å².